The maximum Gasteiger partial charge on any atom is 0.341 e. The number of anilines is 1. The Hall–Kier alpha value is -2.64. The normalized spacial score (nSPS) is 10.3. The first-order valence-corrected chi connectivity index (χ1v) is 9.09. The van der Waals surface area contributed by atoms with Gasteiger partial charge in [0, 0.05) is 21.4 Å². The predicted octanol–water partition coefficient (Wildman–Crippen LogP) is 4.52. The Morgan fingerprint density at radius 3 is 2.60 bits per heavy atom. The SMILES string of the molecule is COC(=O)c1c(-c2cccs2)csc1NC(=O)c1cccc(OC)c1. The molecule has 0 atom stereocenters. The monoisotopic (exact) mass is 373 g/mol. The van der Waals surface area contributed by atoms with Gasteiger partial charge in [0.1, 0.15) is 16.3 Å². The van der Waals surface area contributed by atoms with Crippen LogP contribution in [0, 0.1) is 0 Å². The second-order valence-electron chi connectivity index (χ2n) is 5.01. The average molecular weight is 373 g/mol. The molecule has 3 aromatic rings. The van der Waals surface area contributed by atoms with Crippen molar-refractivity contribution >= 4 is 39.6 Å². The van der Waals surface area contributed by atoms with Crippen LogP contribution in [-0.4, -0.2) is 26.1 Å². The third-order valence-corrected chi connectivity index (χ3v) is 5.32. The molecule has 0 unspecified atom stereocenters. The van der Waals surface area contributed by atoms with Crippen molar-refractivity contribution in [3.05, 3.63) is 58.3 Å². The molecule has 0 spiro atoms. The minimum Gasteiger partial charge on any atom is -0.497 e. The molecule has 128 valence electrons. The third-order valence-electron chi connectivity index (χ3n) is 3.53. The fourth-order valence-corrected chi connectivity index (χ4v) is 4.07. The van der Waals surface area contributed by atoms with Gasteiger partial charge in [-0.1, -0.05) is 12.1 Å². The summed E-state index contributed by atoms with van der Waals surface area (Å²) in [6.45, 7) is 0. The molecule has 0 aliphatic heterocycles. The molecule has 2 aromatic heterocycles. The molecule has 0 saturated carbocycles. The van der Waals surface area contributed by atoms with Gasteiger partial charge in [-0.25, -0.2) is 4.79 Å². The Kier molecular flexibility index (Phi) is 5.16. The molecule has 0 aliphatic rings. The molecular weight excluding hydrogens is 358 g/mol. The topological polar surface area (TPSA) is 64.6 Å². The number of benzene rings is 1. The fraction of sp³-hybridized carbons (Fsp3) is 0.111. The van der Waals surface area contributed by atoms with Gasteiger partial charge in [0.15, 0.2) is 0 Å². The number of methoxy groups -OCH3 is 2. The number of carbonyl (C=O) groups is 2. The maximum absolute atomic E-state index is 12.5. The smallest absolute Gasteiger partial charge is 0.341 e. The number of esters is 1. The molecule has 5 nitrogen and oxygen atoms in total. The van der Waals surface area contributed by atoms with E-state index in [0.29, 0.717) is 21.9 Å². The summed E-state index contributed by atoms with van der Waals surface area (Å²) in [4.78, 5) is 25.7. The van der Waals surface area contributed by atoms with Gasteiger partial charge < -0.3 is 14.8 Å². The lowest BCUT2D eigenvalue weighted by molar-refractivity contribution is 0.0603. The van der Waals surface area contributed by atoms with E-state index in [1.54, 1.807) is 31.4 Å². The van der Waals surface area contributed by atoms with E-state index in [1.807, 2.05) is 22.9 Å². The summed E-state index contributed by atoms with van der Waals surface area (Å²) in [6.07, 6.45) is 0. The van der Waals surface area contributed by atoms with Crippen molar-refractivity contribution in [2.45, 2.75) is 0 Å². The lowest BCUT2D eigenvalue weighted by atomic mass is 10.1. The van der Waals surface area contributed by atoms with Gasteiger partial charge in [-0.3, -0.25) is 4.79 Å². The molecule has 7 heteroatoms. The molecule has 3 rings (SSSR count). The van der Waals surface area contributed by atoms with Crippen LogP contribution in [0.5, 0.6) is 5.75 Å². The minimum atomic E-state index is -0.481. The van der Waals surface area contributed by atoms with Crippen molar-refractivity contribution in [1.82, 2.24) is 0 Å². The zero-order valence-corrected chi connectivity index (χ0v) is 15.2. The Balaban J connectivity index is 1.94. The second kappa shape index (κ2) is 7.50. The molecule has 0 fully saturated rings. The van der Waals surface area contributed by atoms with Gasteiger partial charge in [-0.05, 0) is 29.6 Å². The molecule has 0 radical (unpaired) electrons. The molecule has 0 bridgehead atoms. The number of carbonyl (C=O) groups excluding carboxylic acids is 2. The van der Waals surface area contributed by atoms with Crippen LogP contribution in [0.4, 0.5) is 5.00 Å². The zero-order valence-electron chi connectivity index (χ0n) is 13.6. The summed E-state index contributed by atoms with van der Waals surface area (Å²) in [7, 11) is 2.87. The first kappa shape index (κ1) is 17.2. The summed E-state index contributed by atoms with van der Waals surface area (Å²) < 4.78 is 10.0. The summed E-state index contributed by atoms with van der Waals surface area (Å²) in [5.74, 6) is -0.208. The first-order valence-electron chi connectivity index (χ1n) is 7.33. The quantitative estimate of drug-likeness (QED) is 0.668. The van der Waals surface area contributed by atoms with E-state index in [0.717, 1.165) is 10.4 Å². The van der Waals surface area contributed by atoms with Crippen LogP contribution in [0.15, 0.2) is 47.2 Å². The van der Waals surface area contributed by atoms with E-state index in [-0.39, 0.29) is 5.91 Å². The van der Waals surface area contributed by atoms with Gasteiger partial charge in [-0.15, -0.1) is 22.7 Å². The summed E-state index contributed by atoms with van der Waals surface area (Å²) in [6, 6.07) is 10.7. The van der Waals surface area contributed by atoms with Crippen molar-refractivity contribution < 1.29 is 19.1 Å². The minimum absolute atomic E-state index is 0.316. The molecule has 0 aliphatic carbocycles. The molecule has 2 heterocycles. The Labute approximate surface area is 152 Å². The molecule has 1 amide bonds. The van der Waals surface area contributed by atoms with Crippen LogP contribution >= 0.6 is 22.7 Å². The number of thiophene rings is 2. The van der Waals surface area contributed by atoms with Gasteiger partial charge >= 0.3 is 5.97 Å². The molecular formula is C18H15NO4S2. The van der Waals surface area contributed by atoms with Crippen LogP contribution in [0.25, 0.3) is 10.4 Å². The number of hydrogen-bond donors (Lipinski definition) is 1. The molecule has 1 N–H and O–H groups in total. The van der Waals surface area contributed by atoms with Crippen LogP contribution < -0.4 is 10.1 Å². The van der Waals surface area contributed by atoms with Crippen LogP contribution in [-0.2, 0) is 4.74 Å². The highest BCUT2D eigenvalue weighted by atomic mass is 32.1. The van der Waals surface area contributed by atoms with Gasteiger partial charge in [-0.2, -0.15) is 0 Å². The first-order chi connectivity index (χ1) is 12.1. The van der Waals surface area contributed by atoms with Crippen LogP contribution in [0.1, 0.15) is 20.7 Å². The Bertz CT molecular complexity index is 900. The van der Waals surface area contributed by atoms with Gasteiger partial charge in [0.2, 0.25) is 0 Å². The average Bonchev–Trinajstić information content (AvgIpc) is 3.30. The van der Waals surface area contributed by atoms with Crippen molar-refractivity contribution in [3.8, 4) is 16.2 Å². The van der Waals surface area contributed by atoms with E-state index in [2.05, 4.69) is 5.32 Å². The summed E-state index contributed by atoms with van der Waals surface area (Å²) in [5.41, 5.74) is 1.57. The van der Waals surface area contributed by atoms with E-state index >= 15 is 0 Å². The van der Waals surface area contributed by atoms with Crippen molar-refractivity contribution in [3.63, 3.8) is 0 Å². The standard InChI is InChI=1S/C18H15NO4S2/c1-22-12-6-3-5-11(9-12)16(20)19-17-15(18(21)23-2)13(10-25-17)14-7-4-8-24-14/h3-10H,1-2H3,(H,19,20). The second-order valence-corrected chi connectivity index (χ2v) is 6.84. The Morgan fingerprint density at radius 2 is 1.92 bits per heavy atom. The van der Waals surface area contributed by atoms with Crippen molar-refractivity contribution in [2.24, 2.45) is 0 Å². The highest BCUT2D eigenvalue weighted by molar-refractivity contribution is 7.17. The molecule has 25 heavy (non-hydrogen) atoms. The summed E-state index contributed by atoms with van der Waals surface area (Å²) in [5, 5.41) is 7.04. The number of hydrogen-bond acceptors (Lipinski definition) is 6. The molecule has 0 saturated heterocycles. The lowest BCUT2D eigenvalue weighted by Crippen LogP contribution is -2.14. The fourth-order valence-electron chi connectivity index (χ4n) is 2.31. The van der Waals surface area contributed by atoms with Crippen LogP contribution in [0.2, 0.25) is 0 Å². The van der Waals surface area contributed by atoms with Crippen molar-refractivity contribution in [1.29, 1.82) is 0 Å². The highest BCUT2D eigenvalue weighted by Crippen LogP contribution is 2.38. The number of nitrogens with one attached hydrogen (secondary N) is 1. The number of ether oxygens (including phenoxy) is 2. The number of rotatable bonds is 5. The number of amides is 1. The van der Waals surface area contributed by atoms with E-state index in [4.69, 9.17) is 9.47 Å². The van der Waals surface area contributed by atoms with E-state index in [9.17, 15) is 9.59 Å². The largest absolute Gasteiger partial charge is 0.497 e. The maximum atomic E-state index is 12.5. The van der Waals surface area contributed by atoms with E-state index < -0.39 is 5.97 Å². The van der Waals surface area contributed by atoms with Crippen molar-refractivity contribution in [2.75, 3.05) is 19.5 Å². The van der Waals surface area contributed by atoms with Crippen LogP contribution in [0.3, 0.4) is 0 Å². The predicted molar refractivity (Wildman–Crippen MR) is 99.9 cm³/mol. The third kappa shape index (κ3) is 3.57. The van der Waals surface area contributed by atoms with Gasteiger partial charge in [0.25, 0.3) is 5.91 Å². The Morgan fingerprint density at radius 1 is 1.08 bits per heavy atom. The molecule has 1 aromatic carbocycles. The highest BCUT2D eigenvalue weighted by Gasteiger charge is 2.23. The summed E-state index contributed by atoms with van der Waals surface area (Å²) >= 11 is 2.81. The van der Waals surface area contributed by atoms with E-state index in [1.165, 1.54) is 29.8 Å². The zero-order chi connectivity index (χ0) is 17.8. The lowest BCUT2D eigenvalue weighted by Gasteiger charge is -2.08. The van der Waals surface area contributed by atoms with Gasteiger partial charge in [0.05, 0.1) is 14.2 Å².